The van der Waals surface area contributed by atoms with E-state index < -0.39 is 0 Å². The molecule has 0 fully saturated rings. The van der Waals surface area contributed by atoms with Crippen LogP contribution < -0.4 is 5.56 Å². The summed E-state index contributed by atoms with van der Waals surface area (Å²) in [4.78, 5) is 31.2. The lowest BCUT2D eigenvalue weighted by atomic mass is 10.2. The molecule has 1 amide bonds. The van der Waals surface area contributed by atoms with E-state index in [9.17, 15) is 9.59 Å². The summed E-state index contributed by atoms with van der Waals surface area (Å²) in [5.41, 5.74) is 1.74. The summed E-state index contributed by atoms with van der Waals surface area (Å²) < 4.78 is 2.17. The van der Waals surface area contributed by atoms with Gasteiger partial charge in [0, 0.05) is 20.1 Å². The summed E-state index contributed by atoms with van der Waals surface area (Å²) in [5, 5.41) is 2.43. The fraction of sp³-hybridized carbons (Fsp3) is 0.278. The van der Waals surface area contributed by atoms with Crippen molar-refractivity contribution in [1.82, 2.24) is 14.5 Å². The highest BCUT2D eigenvalue weighted by Gasteiger charge is 2.15. The summed E-state index contributed by atoms with van der Waals surface area (Å²) in [6.45, 7) is 3.20. The van der Waals surface area contributed by atoms with Crippen LogP contribution in [0, 0.1) is 0 Å². The Kier molecular flexibility index (Phi) is 5.55. The maximum Gasteiger partial charge on any atom is 0.271 e. The van der Waals surface area contributed by atoms with Gasteiger partial charge in [-0.05, 0) is 23.9 Å². The number of carbonyl (C=O) groups is 1. The summed E-state index contributed by atoms with van der Waals surface area (Å²) in [5.74, 6) is 0.298. The van der Waals surface area contributed by atoms with Crippen LogP contribution in [0.4, 0.5) is 0 Å². The molecule has 2 aromatic heterocycles. The number of rotatable bonds is 6. The number of thiophene rings is 1. The van der Waals surface area contributed by atoms with E-state index >= 15 is 0 Å². The molecule has 7 heteroatoms. The van der Waals surface area contributed by atoms with Gasteiger partial charge in [-0.3, -0.25) is 14.2 Å². The van der Waals surface area contributed by atoms with Gasteiger partial charge in [0.05, 0.1) is 11.3 Å². The first kappa shape index (κ1) is 17.7. The number of hydrogen-bond donors (Lipinski definition) is 0. The molecule has 0 aliphatic heterocycles. The van der Waals surface area contributed by atoms with Crippen molar-refractivity contribution in [2.24, 2.45) is 7.05 Å². The van der Waals surface area contributed by atoms with E-state index in [2.05, 4.69) is 4.98 Å². The summed E-state index contributed by atoms with van der Waals surface area (Å²) in [6.07, 6.45) is 0. The molecule has 0 atom stereocenters. The second-order valence-electron chi connectivity index (χ2n) is 5.58. The fourth-order valence-electron chi connectivity index (χ4n) is 2.49. The van der Waals surface area contributed by atoms with E-state index in [-0.39, 0.29) is 17.2 Å². The van der Waals surface area contributed by atoms with Crippen molar-refractivity contribution in [3.8, 4) is 0 Å². The molecule has 3 aromatic rings. The predicted molar refractivity (Wildman–Crippen MR) is 103 cm³/mol. The molecule has 2 heterocycles. The van der Waals surface area contributed by atoms with Gasteiger partial charge in [-0.2, -0.15) is 0 Å². The molecule has 0 aliphatic carbocycles. The third-order valence-electron chi connectivity index (χ3n) is 3.92. The normalized spacial score (nSPS) is 11.0. The van der Waals surface area contributed by atoms with Gasteiger partial charge in [0.15, 0.2) is 5.16 Å². The van der Waals surface area contributed by atoms with Crippen molar-refractivity contribution < 1.29 is 4.79 Å². The van der Waals surface area contributed by atoms with Gasteiger partial charge in [-0.1, -0.05) is 42.1 Å². The van der Waals surface area contributed by atoms with Crippen LogP contribution in [0.3, 0.4) is 0 Å². The molecule has 0 radical (unpaired) electrons. The topological polar surface area (TPSA) is 55.2 Å². The Labute approximate surface area is 154 Å². The molecule has 1 aromatic carbocycles. The Morgan fingerprint density at radius 2 is 2.04 bits per heavy atom. The Balaban J connectivity index is 1.71. The van der Waals surface area contributed by atoms with Gasteiger partial charge in [0.25, 0.3) is 5.56 Å². The molecule has 25 heavy (non-hydrogen) atoms. The number of carbonyl (C=O) groups excluding carboxylic acids is 1. The maximum atomic E-state index is 12.6. The van der Waals surface area contributed by atoms with E-state index in [1.165, 1.54) is 27.7 Å². The first-order valence-corrected chi connectivity index (χ1v) is 9.85. The Bertz CT molecular complexity index is 934. The van der Waals surface area contributed by atoms with Gasteiger partial charge in [-0.15, -0.1) is 11.3 Å². The van der Waals surface area contributed by atoms with Crippen molar-refractivity contribution in [3.63, 3.8) is 0 Å². The van der Waals surface area contributed by atoms with Gasteiger partial charge in [-0.25, -0.2) is 4.98 Å². The minimum atomic E-state index is -0.0633. The lowest BCUT2D eigenvalue weighted by Crippen LogP contribution is -2.32. The molecule has 0 N–H and O–H groups in total. The third kappa shape index (κ3) is 3.93. The fourth-order valence-corrected chi connectivity index (χ4v) is 4.17. The zero-order valence-electron chi connectivity index (χ0n) is 14.1. The van der Waals surface area contributed by atoms with Gasteiger partial charge < -0.3 is 4.90 Å². The molecule has 130 valence electrons. The summed E-state index contributed by atoms with van der Waals surface area (Å²) in [6, 6.07) is 11.8. The van der Waals surface area contributed by atoms with Crippen molar-refractivity contribution >= 4 is 39.2 Å². The van der Waals surface area contributed by atoms with E-state index in [0.717, 1.165) is 5.56 Å². The number of thioether (sulfide) groups is 1. The zero-order valence-corrected chi connectivity index (χ0v) is 15.8. The SMILES string of the molecule is CCN(Cc1ccccc1)C(=O)CSc1nc2ccsc2c(=O)n1C. The van der Waals surface area contributed by atoms with Crippen LogP contribution in [0.2, 0.25) is 0 Å². The van der Waals surface area contributed by atoms with Crippen LogP contribution in [0.25, 0.3) is 10.2 Å². The molecule has 0 bridgehead atoms. The largest absolute Gasteiger partial charge is 0.338 e. The number of fused-ring (bicyclic) bond motifs is 1. The Hall–Kier alpha value is -2.12. The van der Waals surface area contributed by atoms with Crippen molar-refractivity contribution in [2.45, 2.75) is 18.6 Å². The van der Waals surface area contributed by atoms with E-state index in [1.807, 2.05) is 53.6 Å². The van der Waals surface area contributed by atoms with Crippen LogP contribution in [-0.2, 0) is 18.4 Å². The standard InChI is InChI=1S/C18H19N3O2S2/c1-3-21(11-13-7-5-4-6-8-13)15(22)12-25-18-19-14-9-10-24-16(14)17(23)20(18)2/h4-10H,3,11-12H2,1-2H3. The van der Waals surface area contributed by atoms with Crippen molar-refractivity contribution in [3.05, 3.63) is 57.7 Å². The lowest BCUT2D eigenvalue weighted by molar-refractivity contribution is -0.128. The van der Waals surface area contributed by atoms with Crippen LogP contribution in [0.5, 0.6) is 0 Å². The van der Waals surface area contributed by atoms with Crippen LogP contribution in [0.15, 0.2) is 51.7 Å². The quantitative estimate of drug-likeness (QED) is 0.492. The minimum absolute atomic E-state index is 0.0380. The average Bonchev–Trinajstić information content (AvgIpc) is 3.10. The Morgan fingerprint density at radius 3 is 2.76 bits per heavy atom. The highest BCUT2D eigenvalue weighted by Crippen LogP contribution is 2.20. The number of hydrogen-bond acceptors (Lipinski definition) is 5. The second kappa shape index (κ2) is 7.84. The molecule has 3 rings (SSSR count). The zero-order chi connectivity index (χ0) is 17.8. The molecular formula is C18H19N3O2S2. The van der Waals surface area contributed by atoms with Gasteiger partial charge in [0.2, 0.25) is 5.91 Å². The number of benzene rings is 1. The average molecular weight is 374 g/mol. The van der Waals surface area contributed by atoms with Crippen molar-refractivity contribution in [1.29, 1.82) is 0 Å². The van der Waals surface area contributed by atoms with Crippen molar-refractivity contribution in [2.75, 3.05) is 12.3 Å². The molecule has 0 saturated heterocycles. The predicted octanol–water partition coefficient (Wildman–Crippen LogP) is 3.14. The molecule has 0 unspecified atom stereocenters. The van der Waals surface area contributed by atoms with E-state index in [4.69, 9.17) is 0 Å². The number of nitrogens with zero attached hydrogens (tertiary/aromatic N) is 3. The number of amides is 1. The van der Waals surface area contributed by atoms with E-state index in [0.29, 0.717) is 28.5 Å². The summed E-state index contributed by atoms with van der Waals surface area (Å²) in [7, 11) is 1.70. The highest BCUT2D eigenvalue weighted by molar-refractivity contribution is 7.99. The van der Waals surface area contributed by atoms with Crippen LogP contribution >= 0.6 is 23.1 Å². The monoisotopic (exact) mass is 373 g/mol. The molecule has 0 aliphatic rings. The van der Waals surface area contributed by atoms with Gasteiger partial charge >= 0.3 is 0 Å². The molecule has 0 saturated carbocycles. The first-order valence-electron chi connectivity index (χ1n) is 7.99. The molecule has 0 spiro atoms. The first-order chi connectivity index (χ1) is 12.1. The smallest absolute Gasteiger partial charge is 0.271 e. The Morgan fingerprint density at radius 1 is 1.28 bits per heavy atom. The molecular weight excluding hydrogens is 354 g/mol. The van der Waals surface area contributed by atoms with Crippen LogP contribution in [0.1, 0.15) is 12.5 Å². The maximum absolute atomic E-state index is 12.6. The lowest BCUT2D eigenvalue weighted by Gasteiger charge is -2.21. The third-order valence-corrected chi connectivity index (χ3v) is 5.83. The van der Waals surface area contributed by atoms with Crippen LogP contribution in [-0.4, -0.2) is 32.7 Å². The van der Waals surface area contributed by atoms with E-state index in [1.54, 1.807) is 7.05 Å². The highest BCUT2D eigenvalue weighted by atomic mass is 32.2. The number of aromatic nitrogens is 2. The van der Waals surface area contributed by atoms with Gasteiger partial charge in [0.1, 0.15) is 4.70 Å². The second-order valence-corrected chi connectivity index (χ2v) is 7.43. The molecule has 5 nitrogen and oxygen atoms in total. The summed E-state index contributed by atoms with van der Waals surface area (Å²) >= 11 is 2.70. The minimum Gasteiger partial charge on any atom is -0.338 e.